The SMILES string of the molecule is COc1cc(C(=O)Oc2ccc(C3NC(=O)c4c(sc5c4CCC(C(C)(C)C)C5)N3)cc2)cc(OC)c1OC. The molecular formula is C30H34N2O6S. The van der Waals surface area contributed by atoms with Gasteiger partial charge >= 0.3 is 5.97 Å². The summed E-state index contributed by atoms with van der Waals surface area (Å²) in [7, 11) is 4.47. The van der Waals surface area contributed by atoms with Gasteiger partial charge in [-0.1, -0.05) is 32.9 Å². The molecule has 9 heteroatoms. The number of ether oxygens (including phenoxy) is 4. The Labute approximate surface area is 232 Å². The van der Waals surface area contributed by atoms with E-state index in [9.17, 15) is 9.59 Å². The standard InChI is InChI=1S/C30H34N2O6S/c1-30(2,3)18-9-12-20-23(15-18)39-28-24(20)27(33)31-26(32-28)16-7-10-19(11-8-16)38-29(34)17-13-21(35-4)25(37-6)22(14-17)36-5/h7-8,10-11,13-14,18,26,32H,9,12,15H2,1-6H3,(H,31,33). The number of methoxy groups -OCH3 is 3. The summed E-state index contributed by atoms with van der Waals surface area (Å²) in [6, 6.07) is 10.2. The predicted molar refractivity (Wildman–Crippen MR) is 151 cm³/mol. The molecule has 2 heterocycles. The third kappa shape index (κ3) is 5.15. The van der Waals surface area contributed by atoms with E-state index in [0.717, 1.165) is 35.4 Å². The van der Waals surface area contributed by atoms with Crippen LogP contribution in [0.25, 0.3) is 0 Å². The minimum atomic E-state index is -0.562. The van der Waals surface area contributed by atoms with Crippen LogP contribution in [0, 0.1) is 11.3 Å². The fraction of sp³-hybridized carbons (Fsp3) is 0.400. The number of thiophene rings is 1. The van der Waals surface area contributed by atoms with Crippen LogP contribution in [-0.2, 0) is 12.8 Å². The first-order chi connectivity index (χ1) is 18.6. The van der Waals surface area contributed by atoms with Crippen molar-refractivity contribution < 1.29 is 28.5 Å². The molecule has 1 amide bonds. The Hall–Kier alpha value is -3.72. The number of carbonyl (C=O) groups is 2. The van der Waals surface area contributed by atoms with E-state index < -0.39 is 5.97 Å². The number of esters is 1. The van der Waals surface area contributed by atoms with Crippen LogP contribution >= 0.6 is 11.3 Å². The number of hydrogen-bond donors (Lipinski definition) is 2. The van der Waals surface area contributed by atoms with E-state index in [0.29, 0.717) is 28.9 Å². The zero-order valence-corrected chi connectivity index (χ0v) is 23.9. The number of fused-ring (bicyclic) bond motifs is 3. The Bertz CT molecular complexity index is 1380. The van der Waals surface area contributed by atoms with Crippen molar-refractivity contribution in [3.05, 3.63) is 63.5 Å². The van der Waals surface area contributed by atoms with Crippen LogP contribution in [0.2, 0.25) is 0 Å². The topological polar surface area (TPSA) is 95.1 Å². The van der Waals surface area contributed by atoms with E-state index in [1.54, 1.807) is 35.6 Å². The molecule has 206 valence electrons. The minimum Gasteiger partial charge on any atom is -0.493 e. The molecule has 0 fully saturated rings. The molecule has 1 aliphatic heterocycles. The van der Waals surface area contributed by atoms with Gasteiger partial charge in [0.15, 0.2) is 11.5 Å². The fourth-order valence-corrected chi connectivity index (χ4v) is 6.65. The molecule has 0 spiro atoms. The van der Waals surface area contributed by atoms with E-state index in [4.69, 9.17) is 18.9 Å². The first-order valence-corrected chi connectivity index (χ1v) is 13.8. The lowest BCUT2D eigenvalue weighted by Gasteiger charge is -2.34. The van der Waals surface area contributed by atoms with Crippen molar-refractivity contribution in [2.75, 3.05) is 26.6 Å². The van der Waals surface area contributed by atoms with Gasteiger partial charge in [-0.25, -0.2) is 4.79 Å². The number of benzene rings is 2. The molecule has 0 saturated heterocycles. The van der Waals surface area contributed by atoms with Gasteiger partial charge in [0.25, 0.3) is 5.91 Å². The quantitative estimate of drug-likeness (QED) is 0.287. The highest BCUT2D eigenvalue weighted by molar-refractivity contribution is 7.16. The monoisotopic (exact) mass is 550 g/mol. The van der Waals surface area contributed by atoms with Crippen LogP contribution in [0.5, 0.6) is 23.0 Å². The first kappa shape index (κ1) is 26.9. The normalized spacial score (nSPS) is 18.3. The molecule has 2 atom stereocenters. The molecule has 2 unspecified atom stereocenters. The number of nitrogens with one attached hydrogen (secondary N) is 2. The number of carbonyl (C=O) groups excluding carboxylic acids is 2. The second-order valence-electron chi connectivity index (χ2n) is 10.9. The lowest BCUT2D eigenvalue weighted by Crippen LogP contribution is -2.38. The molecule has 0 bridgehead atoms. The number of amides is 1. The molecule has 3 aromatic rings. The molecule has 2 N–H and O–H groups in total. The lowest BCUT2D eigenvalue weighted by molar-refractivity contribution is 0.0733. The van der Waals surface area contributed by atoms with Crippen LogP contribution in [-0.4, -0.2) is 33.2 Å². The van der Waals surface area contributed by atoms with Crippen molar-refractivity contribution in [2.45, 2.75) is 46.2 Å². The predicted octanol–water partition coefficient (Wildman–Crippen LogP) is 6.00. The van der Waals surface area contributed by atoms with E-state index >= 15 is 0 Å². The smallest absolute Gasteiger partial charge is 0.343 e. The van der Waals surface area contributed by atoms with E-state index in [1.165, 1.54) is 31.8 Å². The number of rotatable bonds is 6. The van der Waals surface area contributed by atoms with Crippen molar-refractivity contribution in [3.8, 4) is 23.0 Å². The van der Waals surface area contributed by atoms with Gasteiger partial charge in [0.05, 0.1) is 32.5 Å². The summed E-state index contributed by atoms with van der Waals surface area (Å²) in [5, 5.41) is 7.55. The van der Waals surface area contributed by atoms with Gasteiger partial charge in [-0.15, -0.1) is 11.3 Å². The average molecular weight is 551 g/mol. The van der Waals surface area contributed by atoms with Crippen LogP contribution in [0.1, 0.15) is 70.1 Å². The van der Waals surface area contributed by atoms with Gasteiger partial charge in [0.2, 0.25) is 5.75 Å². The van der Waals surface area contributed by atoms with Crippen molar-refractivity contribution >= 4 is 28.2 Å². The molecule has 1 aromatic heterocycles. The summed E-state index contributed by atoms with van der Waals surface area (Å²) in [5.41, 5.74) is 3.37. The molecular weight excluding hydrogens is 516 g/mol. The lowest BCUT2D eigenvalue weighted by atomic mass is 9.72. The zero-order valence-electron chi connectivity index (χ0n) is 23.1. The zero-order chi connectivity index (χ0) is 27.9. The molecule has 1 aliphatic carbocycles. The maximum atomic E-state index is 13.2. The van der Waals surface area contributed by atoms with Crippen molar-refractivity contribution in [3.63, 3.8) is 0 Å². The molecule has 0 radical (unpaired) electrons. The van der Waals surface area contributed by atoms with Gasteiger partial charge in [-0.2, -0.15) is 0 Å². The third-order valence-corrected chi connectivity index (χ3v) is 8.78. The van der Waals surface area contributed by atoms with Gasteiger partial charge < -0.3 is 29.6 Å². The molecule has 2 aromatic carbocycles. The molecule has 39 heavy (non-hydrogen) atoms. The minimum absolute atomic E-state index is 0.0432. The van der Waals surface area contributed by atoms with Crippen molar-refractivity contribution in [1.82, 2.24) is 5.32 Å². The third-order valence-electron chi connectivity index (χ3n) is 7.59. The van der Waals surface area contributed by atoms with Gasteiger partial charge in [-0.3, -0.25) is 4.79 Å². The van der Waals surface area contributed by atoms with E-state index in [1.807, 2.05) is 12.1 Å². The van der Waals surface area contributed by atoms with Crippen LogP contribution < -0.4 is 29.6 Å². The summed E-state index contributed by atoms with van der Waals surface area (Å²) < 4.78 is 21.6. The van der Waals surface area contributed by atoms with Crippen molar-refractivity contribution in [2.24, 2.45) is 11.3 Å². The van der Waals surface area contributed by atoms with Gasteiger partial charge in [0, 0.05) is 4.88 Å². The number of anilines is 1. The molecule has 0 saturated carbocycles. The summed E-state index contributed by atoms with van der Waals surface area (Å²) in [5.74, 6) is 1.50. The summed E-state index contributed by atoms with van der Waals surface area (Å²) in [6.07, 6.45) is 2.69. The van der Waals surface area contributed by atoms with Gasteiger partial charge in [0.1, 0.15) is 16.9 Å². The van der Waals surface area contributed by atoms with Crippen LogP contribution in [0.15, 0.2) is 36.4 Å². The highest BCUT2D eigenvalue weighted by Crippen LogP contribution is 2.46. The summed E-state index contributed by atoms with van der Waals surface area (Å²) in [4.78, 5) is 27.3. The molecule has 8 nitrogen and oxygen atoms in total. The maximum absolute atomic E-state index is 13.2. The summed E-state index contributed by atoms with van der Waals surface area (Å²) >= 11 is 1.71. The highest BCUT2D eigenvalue weighted by Gasteiger charge is 2.36. The number of hydrogen-bond acceptors (Lipinski definition) is 8. The fourth-order valence-electron chi connectivity index (χ4n) is 5.30. The van der Waals surface area contributed by atoms with Crippen LogP contribution in [0.3, 0.4) is 0 Å². The maximum Gasteiger partial charge on any atom is 0.343 e. The van der Waals surface area contributed by atoms with Crippen molar-refractivity contribution in [1.29, 1.82) is 0 Å². The molecule has 2 aliphatic rings. The Balaban J connectivity index is 1.30. The van der Waals surface area contributed by atoms with E-state index in [2.05, 4.69) is 31.4 Å². The summed E-state index contributed by atoms with van der Waals surface area (Å²) in [6.45, 7) is 6.88. The van der Waals surface area contributed by atoms with Gasteiger partial charge in [-0.05, 0) is 66.0 Å². The highest BCUT2D eigenvalue weighted by atomic mass is 32.1. The Morgan fingerprint density at radius 1 is 0.974 bits per heavy atom. The van der Waals surface area contributed by atoms with Crippen LogP contribution in [0.4, 0.5) is 5.00 Å². The molecule has 5 rings (SSSR count). The second kappa shape index (κ2) is 10.4. The Morgan fingerprint density at radius 3 is 2.23 bits per heavy atom. The second-order valence-corrected chi connectivity index (χ2v) is 12.0. The average Bonchev–Trinajstić information content (AvgIpc) is 3.30. The largest absolute Gasteiger partial charge is 0.493 e. The van der Waals surface area contributed by atoms with E-state index in [-0.39, 0.29) is 23.1 Å². The Morgan fingerprint density at radius 2 is 1.64 bits per heavy atom. The Kier molecular flexibility index (Phi) is 7.20. The first-order valence-electron chi connectivity index (χ1n) is 13.0.